The van der Waals surface area contributed by atoms with Gasteiger partial charge in [-0.25, -0.2) is 4.79 Å². The van der Waals surface area contributed by atoms with Crippen LogP contribution < -0.4 is 17.0 Å². The summed E-state index contributed by atoms with van der Waals surface area (Å²) in [4.78, 5) is 36.3. The predicted octanol–water partition coefficient (Wildman–Crippen LogP) is 0.0479. The van der Waals surface area contributed by atoms with E-state index >= 15 is 0 Å². The Kier molecular flexibility index (Phi) is 3.62. The maximum atomic E-state index is 11.8. The molecule has 2 aromatic rings. The molecule has 0 unspecified atom stereocenters. The van der Waals surface area contributed by atoms with Crippen molar-refractivity contribution in [1.82, 2.24) is 9.55 Å². The summed E-state index contributed by atoms with van der Waals surface area (Å²) in [6, 6.07) is 6.30. The number of carbonyl (C=O) groups excluding carboxylic acids is 1. The van der Waals surface area contributed by atoms with Crippen molar-refractivity contribution in [3.05, 3.63) is 50.1 Å². The van der Waals surface area contributed by atoms with Crippen LogP contribution in [0.4, 0.5) is 0 Å². The maximum Gasteiger partial charge on any atom is 0.331 e. The van der Waals surface area contributed by atoms with Crippen molar-refractivity contribution in [3.8, 4) is 17.0 Å². The molecular weight excluding hydrogens is 286 g/mol. The average Bonchev–Trinajstić information content (AvgIpc) is 2.36. The summed E-state index contributed by atoms with van der Waals surface area (Å²) in [5.41, 5.74) is 3.30. The molecule has 0 atom stereocenters. The molecule has 0 radical (unpaired) electrons. The van der Waals surface area contributed by atoms with E-state index in [0.717, 1.165) is 0 Å². The first-order valence-corrected chi connectivity index (χ1v) is 5.89. The molecule has 0 fully saturated rings. The second-order valence-corrected chi connectivity index (χ2v) is 4.40. The lowest BCUT2D eigenvalue weighted by atomic mass is 10.1. The SMILES string of the molecule is NC(=O)Cn1c(O)c(-c2ccccc2Cl)c(=O)[nH]c1=O. The zero-order valence-electron chi connectivity index (χ0n) is 10.1. The van der Waals surface area contributed by atoms with Crippen molar-refractivity contribution < 1.29 is 9.90 Å². The molecule has 104 valence electrons. The number of nitrogens with zero attached hydrogens (tertiary/aromatic N) is 1. The third-order valence-corrected chi connectivity index (χ3v) is 2.96. The van der Waals surface area contributed by atoms with E-state index in [9.17, 15) is 19.5 Å². The van der Waals surface area contributed by atoms with Gasteiger partial charge >= 0.3 is 5.69 Å². The Bertz CT molecular complexity index is 794. The zero-order chi connectivity index (χ0) is 14.9. The largest absolute Gasteiger partial charge is 0.494 e. The summed E-state index contributed by atoms with van der Waals surface area (Å²) < 4.78 is 0.669. The molecule has 0 aliphatic rings. The van der Waals surface area contributed by atoms with Gasteiger partial charge in [0, 0.05) is 10.6 Å². The number of amides is 1. The van der Waals surface area contributed by atoms with Crippen molar-refractivity contribution in [1.29, 1.82) is 0 Å². The highest BCUT2D eigenvalue weighted by atomic mass is 35.5. The number of hydrogen-bond acceptors (Lipinski definition) is 4. The molecule has 0 aliphatic carbocycles. The van der Waals surface area contributed by atoms with E-state index in [0.29, 0.717) is 4.57 Å². The van der Waals surface area contributed by atoms with Crippen molar-refractivity contribution in [3.63, 3.8) is 0 Å². The standard InChI is InChI=1S/C12H10ClN3O4/c13-7-4-2-1-3-6(7)9-10(18)15-12(20)16(11(9)19)5-8(14)17/h1-4,19H,5H2,(H2,14,17)(H,15,18,20). The summed E-state index contributed by atoms with van der Waals surface area (Å²) in [5, 5.41) is 10.3. The average molecular weight is 296 g/mol. The second-order valence-electron chi connectivity index (χ2n) is 3.99. The molecule has 0 spiro atoms. The third-order valence-electron chi connectivity index (χ3n) is 2.63. The number of aromatic nitrogens is 2. The smallest absolute Gasteiger partial charge is 0.331 e. The van der Waals surface area contributed by atoms with Gasteiger partial charge in [-0.3, -0.25) is 19.1 Å². The first-order valence-electron chi connectivity index (χ1n) is 5.51. The lowest BCUT2D eigenvalue weighted by Crippen LogP contribution is -2.34. The monoisotopic (exact) mass is 295 g/mol. The molecule has 2 rings (SSSR count). The highest BCUT2D eigenvalue weighted by Gasteiger charge is 2.18. The van der Waals surface area contributed by atoms with Crippen LogP contribution in [0.3, 0.4) is 0 Å². The first-order chi connectivity index (χ1) is 9.41. The number of rotatable bonds is 3. The normalized spacial score (nSPS) is 10.4. The Labute approximate surface area is 117 Å². The summed E-state index contributed by atoms with van der Waals surface area (Å²) >= 11 is 5.96. The second kappa shape index (κ2) is 5.22. The Morgan fingerprint density at radius 1 is 1.35 bits per heavy atom. The van der Waals surface area contributed by atoms with E-state index < -0.39 is 29.6 Å². The van der Waals surface area contributed by atoms with Gasteiger partial charge < -0.3 is 10.8 Å². The van der Waals surface area contributed by atoms with Crippen LogP contribution in [0.15, 0.2) is 33.9 Å². The molecule has 1 aromatic heterocycles. The molecule has 8 heteroatoms. The number of aromatic amines is 1. The van der Waals surface area contributed by atoms with Gasteiger partial charge in [-0.15, -0.1) is 0 Å². The van der Waals surface area contributed by atoms with Crippen LogP contribution in [0.25, 0.3) is 11.1 Å². The first kappa shape index (κ1) is 13.9. The Balaban J connectivity index is 2.78. The number of H-pyrrole nitrogens is 1. The molecule has 4 N–H and O–H groups in total. The molecular formula is C12H10ClN3O4. The van der Waals surface area contributed by atoms with Crippen LogP contribution >= 0.6 is 11.6 Å². The molecule has 7 nitrogen and oxygen atoms in total. The molecule has 1 aromatic carbocycles. The maximum absolute atomic E-state index is 11.8. The molecule has 0 saturated heterocycles. The lowest BCUT2D eigenvalue weighted by Gasteiger charge is -2.10. The van der Waals surface area contributed by atoms with Crippen molar-refractivity contribution >= 4 is 17.5 Å². The van der Waals surface area contributed by atoms with Gasteiger partial charge in [-0.05, 0) is 6.07 Å². The number of benzene rings is 1. The van der Waals surface area contributed by atoms with Crippen molar-refractivity contribution in [2.24, 2.45) is 5.73 Å². The van der Waals surface area contributed by atoms with Gasteiger partial charge in [0.15, 0.2) is 0 Å². The molecule has 0 aliphatic heterocycles. The summed E-state index contributed by atoms with van der Waals surface area (Å²) in [7, 11) is 0. The Hall–Kier alpha value is -2.54. The fourth-order valence-corrected chi connectivity index (χ4v) is 2.00. The van der Waals surface area contributed by atoms with E-state index in [-0.39, 0.29) is 16.1 Å². The van der Waals surface area contributed by atoms with Crippen LogP contribution in [-0.4, -0.2) is 20.6 Å². The van der Waals surface area contributed by atoms with Crippen LogP contribution in [0.1, 0.15) is 0 Å². The van der Waals surface area contributed by atoms with E-state index in [1.54, 1.807) is 12.1 Å². The van der Waals surface area contributed by atoms with Crippen molar-refractivity contribution in [2.45, 2.75) is 6.54 Å². The Morgan fingerprint density at radius 3 is 2.60 bits per heavy atom. The van der Waals surface area contributed by atoms with Gasteiger partial charge in [-0.1, -0.05) is 29.8 Å². The number of carbonyl (C=O) groups is 1. The van der Waals surface area contributed by atoms with Crippen LogP contribution in [-0.2, 0) is 11.3 Å². The van der Waals surface area contributed by atoms with E-state index in [1.165, 1.54) is 12.1 Å². The molecule has 1 heterocycles. The van der Waals surface area contributed by atoms with E-state index in [2.05, 4.69) is 0 Å². The lowest BCUT2D eigenvalue weighted by molar-refractivity contribution is -0.118. The molecule has 0 bridgehead atoms. The van der Waals surface area contributed by atoms with Gasteiger partial charge in [0.25, 0.3) is 5.56 Å². The highest BCUT2D eigenvalue weighted by molar-refractivity contribution is 6.33. The summed E-state index contributed by atoms with van der Waals surface area (Å²) in [6.45, 7) is -0.557. The van der Waals surface area contributed by atoms with E-state index in [4.69, 9.17) is 17.3 Å². The number of aromatic hydroxyl groups is 1. The molecule has 1 amide bonds. The van der Waals surface area contributed by atoms with Gasteiger partial charge in [0.2, 0.25) is 11.8 Å². The van der Waals surface area contributed by atoms with Crippen LogP contribution in [0, 0.1) is 0 Å². The molecule has 0 saturated carbocycles. The minimum absolute atomic E-state index is 0.198. The number of nitrogens with two attached hydrogens (primary N) is 1. The fraction of sp³-hybridized carbons (Fsp3) is 0.0833. The topological polar surface area (TPSA) is 118 Å². The number of primary amides is 1. The van der Waals surface area contributed by atoms with Crippen molar-refractivity contribution in [2.75, 3.05) is 0 Å². The summed E-state index contributed by atoms with van der Waals surface area (Å²) in [6.07, 6.45) is 0. The highest BCUT2D eigenvalue weighted by Crippen LogP contribution is 2.30. The van der Waals surface area contributed by atoms with E-state index in [1.807, 2.05) is 4.98 Å². The fourth-order valence-electron chi connectivity index (χ4n) is 1.77. The van der Waals surface area contributed by atoms with Gasteiger partial charge in [0.05, 0.1) is 0 Å². The minimum atomic E-state index is -0.929. The van der Waals surface area contributed by atoms with Crippen LogP contribution in [0.5, 0.6) is 5.88 Å². The third kappa shape index (κ3) is 2.43. The minimum Gasteiger partial charge on any atom is -0.494 e. The number of nitrogens with one attached hydrogen (secondary N) is 1. The predicted molar refractivity (Wildman–Crippen MR) is 72.6 cm³/mol. The quantitative estimate of drug-likeness (QED) is 0.741. The Morgan fingerprint density at radius 2 is 2.00 bits per heavy atom. The number of hydrogen-bond donors (Lipinski definition) is 3. The number of halogens is 1. The zero-order valence-corrected chi connectivity index (χ0v) is 10.8. The summed E-state index contributed by atoms with van der Waals surface area (Å²) in [5.74, 6) is -1.50. The van der Waals surface area contributed by atoms with Gasteiger partial charge in [-0.2, -0.15) is 0 Å². The van der Waals surface area contributed by atoms with Crippen LogP contribution in [0.2, 0.25) is 5.02 Å². The molecule has 20 heavy (non-hydrogen) atoms. The van der Waals surface area contributed by atoms with Gasteiger partial charge in [0.1, 0.15) is 12.1 Å².